The highest BCUT2D eigenvalue weighted by Gasteiger charge is 2.08. The number of benzene rings is 2. The van der Waals surface area contributed by atoms with E-state index in [-0.39, 0.29) is 6.61 Å². The molecule has 3 aromatic rings. The first kappa shape index (κ1) is 14.2. The minimum absolute atomic E-state index is 0.159. The number of nitrogens with zero attached hydrogens (tertiary/aromatic N) is 2. The molecule has 0 unspecified atom stereocenters. The van der Waals surface area contributed by atoms with Gasteiger partial charge in [-0.15, -0.1) is 0 Å². The second-order valence-corrected chi connectivity index (χ2v) is 4.96. The number of oxazole rings is 1. The van der Waals surface area contributed by atoms with Crippen LogP contribution >= 0.6 is 11.6 Å². The van der Waals surface area contributed by atoms with Crippen LogP contribution < -0.4 is 4.74 Å². The van der Waals surface area contributed by atoms with Crippen molar-refractivity contribution in [3.05, 3.63) is 71.2 Å². The molecule has 0 aliphatic heterocycles. The number of para-hydroxylation sites is 1. The van der Waals surface area contributed by atoms with E-state index >= 15 is 0 Å². The number of rotatable bonds is 4. The Bertz CT molecular complexity index is 819. The van der Waals surface area contributed by atoms with E-state index in [4.69, 9.17) is 26.0 Å². The van der Waals surface area contributed by atoms with Gasteiger partial charge in [0.1, 0.15) is 11.8 Å². The summed E-state index contributed by atoms with van der Waals surface area (Å²) in [4.78, 5) is 4.18. The van der Waals surface area contributed by atoms with Crippen LogP contribution in [-0.4, -0.2) is 4.98 Å². The number of halogens is 1. The third kappa shape index (κ3) is 3.11. The summed E-state index contributed by atoms with van der Waals surface area (Å²) in [5.74, 6) is 1.60. The number of aromatic nitrogens is 1. The van der Waals surface area contributed by atoms with Gasteiger partial charge in [-0.2, -0.15) is 5.26 Å². The summed E-state index contributed by atoms with van der Waals surface area (Å²) in [6.45, 7) is 0.159. The van der Waals surface area contributed by atoms with E-state index in [1.165, 1.54) is 0 Å². The molecule has 5 heteroatoms. The van der Waals surface area contributed by atoms with Crippen LogP contribution in [0.5, 0.6) is 5.75 Å². The minimum Gasteiger partial charge on any atom is -0.482 e. The number of hydrogen-bond acceptors (Lipinski definition) is 4. The molecule has 0 saturated carbocycles. The van der Waals surface area contributed by atoms with E-state index in [0.717, 1.165) is 5.56 Å². The molecule has 0 radical (unpaired) electrons. The van der Waals surface area contributed by atoms with Crippen molar-refractivity contribution < 1.29 is 9.15 Å². The van der Waals surface area contributed by atoms with Crippen LogP contribution in [0, 0.1) is 11.3 Å². The largest absolute Gasteiger partial charge is 0.482 e. The molecule has 2 aromatic carbocycles. The molecule has 0 fully saturated rings. The van der Waals surface area contributed by atoms with Crippen LogP contribution in [-0.2, 0) is 6.61 Å². The smallest absolute Gasteiger partial charge is 0.232 e. The Labute approximate surface area is 132 Å². The minimum atomic E-state index is 0.159. The average Bonchev–Trinajstić information content (AvgIpc) is 3.03. The van der Waals surface area contributed by atoms with Gasteiger partial charge in [-0.1, -0.05) is 23.7 Å². The lowest BCUT2D eigenvalue weighted by Gasteiger charge is -2.04. The van der Waals surface area contributed by atoms with Crippen LogP contribution in [0.1, 0.15) is 11.5 Å². The van der Waals surface area contributed by atoms with E-state index in [0.29, 0.717) is 28.0 Å². The molecule has 3 rings (SSSR count). The fourth-order valence-corrected chi connectivity index (χ4v) is 2.07. The van der Waals surface area contributed by atoms with Crippen LogP contribution in [0.3, 0.4) is 0 Å². The van der Waals surface area contributed by atoms with Gasteiger partial charge >= 0.3 is 0 Å². The molecule has 0 aliphatic carbocycles. The monoisotopic (exact) mass is 310 g/mol. The predicted molar refractivity (Wildman–Crippen MR) is 82.4 cm³/mol. The Morgan fingerprint density at radius 2 is 1.91 bits per heavy atom. The molecule has 1 heterocycles. The molecule has 0 saturated heterocycles. The highest BCUT2D eigenvalue weighted by Crippen LogP contribution is 2.23. The second kappa shape index (κ2) is 6.33. The standard InChI is InChI=1S/C17H11ClN2O2/c18-14-7-5-12(6-8-14)16-10-20-17(22-16)11-21-15-4-2-1-3-13(15)9-19/h1-8,10H,11H2. The Morgan fingerprint density at radius 3 is 2.68 bits per heavy atom. The van der Waals surface area contributed by atoms with Gasteiger partial charge in [-0.3, -0.25) is 0 Å². The fraction of sp³-hybridized carbons (Fsp3) is 0.0588. The number of nitriles is 1. The molecule has 0 bridgehead atoms. The molecule has 22 heavy (non-hydrogen) atoms. The lowest BCUT2D eigenvalue weighted by molar-refractivity contribution is 0.264. The van der Waals surface area contributed by atoms with E-state index in [9.17, 15) is 0 Å². The molecule has 1 aromatic heterocycles. The normalized spacial score (nSPS) is 10.2. The van der Waals surface area contributed by atoms with Crippen molar-refractivity contribution in [2.45, 2.75) is 6.61 Å². The Hall–Kier alpha value is -2.77. The quantitative estimate of drug-likeness (QED) is 0.714. The SMILES string of the molecule is N#Cc1ccccc1OCc1ncc(-c2ccc(Cl)cc2)o1. The number of ether oxygens (including phenoxy) is 1. The topological polar surface area (TPSA) is 59.0 Å². The maximum atomic E-state index is 9.01. The maximum absolute atomic E-state index is 9.01. The van der Waals surface area contributed by atoms with Gasteiger partial charge in [0.2, 0.25) is 5.89 Å². The lowest BCUT2D eigenvalue weighted by Crippen LogP contribution is -1.97. The molecular weight excluding hydrogens is 300 g/mol. The van der Waals surface area contributed by atoms with Crippen molar-refractivity contribution >= 4 is 11.6 Å². The van der Waals surface area contributed by atoms with Crippen LogP contribution in [0.15, 0.2) is 59.1 Å². The van der Waals surface area contributed by atoms with Crippen LogP contribution in [0.4, 0.5) is 0 Å². The Morgan fingerprint density at radius 1 is 1.14 bits per heavy atom. The van der Waals surface area contributed by atoms with Crippen molar-refractivity contribution in [2.24, 2.45) is 0 Å². The Balaban J connectivity index is 1.72. The van der Waals surface area contributed by atoms with Crippen LogP contribution in [0.2, 0.25) is 5.02 Å². The van der Waals surface area contributed by atoms with Crippen molar-refractivity contribution in [3.63, 3.8) is 0 Å². The van der Waals surface area contributed by atoms with E-state index in [2.05, 4.69) is 11.1 Å². The first-order valence-electron chi connectivity index (χ1n) is 6.59. The fourth-order valence-electron chi connectivity index (χ4n) is 1.95. The summed E-state index contributed by atoms with van der Waals surface area (Å²) in [5.41, 5.74) is 1.37. The summed E-state index contributed by atoms with van der Waals surface area (Å²) in [7, 11) is 0. The zero-order valence-electron chi connectivity index (χ0n) is 11.5. The van der Waals surface area contributed by atoms with Crippen molar-refractivity contribution in [3.8, 4) is 23.1 Å². The van der Waals surface area contributed by atoms with E-state index < -0.39 is 0 Å². The van der Waals surface area contributed by atoms with Gasteiger partial charge in [-0.05, 0) is 36.4 Å². The van der Waals surface area contributed by atoms with Crippen molar-refractivity contribution in [2.75, 3.05) is 0 Å². The van der Waals surface area contributed by atoms with Gasteiger partial charge in [0.05, 0.1) is 11.8 Å². The second-order valence-electron chi connectivity index (χ2n) is 4.52. The third-order valence-corrected chi connectivity index (χ3v) is 3.29. The van der Waals surface area contributed by atoms with Gasteiger partial charge in [0, 0.05) is 10.6 Å². The zero-order valence-corrected chi connectivity index (χ0v) is 12.2. The van der Waals surface area contributed by atoms with Gasteiger partial charge in [0.25, 0.3) is 0 Å². The highest BCUT2D eigenvalue weighted by atomic mass is 35.5. The molecule has 108 valence electrons. The highest BCUT2D eigenvalue weighted by molar-refractivity contribution is 6.30. The summed E-state index contributed by atoms with van der Waals surface area (Å²) < 4.78 is 11.2. The third-order valence-electron chi connectivity index (χ3n) is 3.04. The average molecular weight is 311 g/mol. The van der Waals surface area contributed by atoms with Crippen LogP contribution in [0.25, 0.3) is 11.3 Å². The summed E-state index contributed by atoms with van der Waals surface area (Å²) in [6.07, 6.45) is 1.64. The molecule has 0 atom stereocenters. The zero-order chi connectivity index (χ0) is 15.4. The summed E-state index contributed by atoms with van der Waals surface area (Å²) >= 11 is 5.86. The number of hydrogen-bond donors (Lipinski definition) is 0. The molecule has 0 amide bonds. The molecule has 4 nitrogen and oxygen atoms in total. The first-order valence-corrected chi connectivity index (χ1v) is 6.96. The lowest BCUT2D eigenvalue weighted by atomic mass is 10.2. The predicted octanol–water partition coefficient (Wildman–Crippen LogP) is 4.45. The van der Waals surface area contributed by atoms with E-state index in [1.807, 2.05) is 18.2 Å². The first-order chi connectivity index (χ1) is 10.8. The molecule has 0 spiro atoms. The maximum Gasteiger partial charge on any atom is 0.232 e. The van der Waals surface area contributed by atoms with Gasteiger partial charge in [0.15, 0.2) is 12.4 Å². The summed E-state index contributed by atoms with van der Waals surface area (Å²) in [6, 6.07) is 16.4. The van der Waals surface area contributed by atoms with Gasteiger partial charge < -0.3 is 9.15 Å². The van der Waals surface area contributed by atoms with Crippen molar-refractivity contribution in [1.82, 2.24) is 4.98 Å². The Kier molecular flexibility index (Phi) is 4.08. The van der Waals surface area contributed by atoms with Crippen molar-refractivity contribution in [1.29, 1.82) is 5.26 Å². The molecular formula is C17H11ClN2O2. The molecule has 0 N–H and O–H groups in total. The van der Waals surface area contributed by atoms with Gasteiger partial charge in [-0.25, -0.2) is 4.98 Å². The molecule has 0 aliphatic rings. The van der Waals surface area contributed by atoms with E-state index in [1.54, 1.807) is 36.5 Å². The summed E-state index contributed by atoms with van der Waals surface area (Å²) in [5, 5.41) is 9.68.